The fourth-order valence-electron chi connectivity index (χ4n) is 2.44. The molecule has 1 heterocycles. The molecule has 0 radical (unpaired) electrons. The van der Waals surface area contributed by atoms with Crippen LogP contribution in [-0.4, -0.2) is 6.04 Å². The number of hydrazine groups is 1. The van der Waals surface area contributed by atoms with Gasteiger partial charge >= 0.3 is 0 Å². The molecule has 136 valence electrons. The monoisotopic (exact) mass is 362 g/mol. The largest absolute Gasteiger partial charge is 0.284 e. The van der Waals surface area contributed by atoms with Crippen LogP contribution in [0.5, 0.6) is 0 Å². The Labute approximate surface area is 156 Å². The molecule has 0 saturated heterocycles. The van der Waals surface area contributed by atoms with Gasteiger partial charge in [0.2, 0.25) is 0 Å². The average molecular weight is 363 g/mol. The van der Waals surface area contributed by atoms with Crippen molar-refractivity contribution in [1.29, 1.82) is 0 Å². The molecule has 1 atom stereocenters. The van der Waals surface area contributed by atoms with Gasteiger partial charge in [-0.25, -0.2) is 9.82 Å². The smallest absolute Gasteiger partial charge is 0.125 e. The molecule has 2 nitrogen and oxygen atoms in total. The Morgan fingerprint density at radius 2 is 1.68 bits per heavy atom. The Morgan fingerprint density at radius 3 is 2.24 bits per heavy atom. The van der Waals surface area contributed by atoms with E-state index in [1.54, 1.807) is 6.07 Å². The van der Waals surface area contributed by atoms with Crippen LogP contribution in [0.1, 0.15) is 40.2 Å². The fourth-order valence-corrected chi connectivity index (χ4v) is 2.66. The van der Waals surface area contributed by atoms with Crippen molar-refractivity contribution in [3.05, 3.63) is 65.1 Å². The molecule has 0 aromatic heterocycles. The van der Waals surface area contributed by atoms with E-state index in [1.807, 2.05) is 57.1 Å². The lowest BCUT2D eigenvalue weighted by Gasteiger charge is -2.21. The van der Waals surface area contributed by atoms with Gasteiger partial charge in [0.1, 0.15) is 5.82 Å². The first-order chi connectivity index (χ1) is 12.0. The molecule has 0 fully saturated rings. The van der Waals surface area contributed by atoms with E-state index in [1.165, 1.54) is 12.1 Å². The van der Waals surface area contributed by atoms with Crippen LogP contribution in [0.3, 0.4) is 0 Å². The number of nitrogens with one attached hydrogen (secondary N) is 1. The molecule has 3 rings (SSSR count). The summed E-state index contributed by atoms with van der Waals surface area (Å²) in [7, 11) is 0. The number of anilines is 1. The van der Waals surface area contributed by atoms with Gasteiger partial charge in [-0.15, -0.1) is 0 Å². The van der Waals surface area contributed by atoms with Crippen molar-refractivity contribution in [1.82, 2.24) is 5.43 Å². The van der Waals surface area contributed by atoms with Gasteiger partial charge in [0.15, 0.2) is 0 Å². The zero-order valence-electron chi connectivity index (χ0n) is 15.9. The van der Waals surface area contributed by atoms with Crippen molar-refractivity contribution in [2.45, 2.75) is 47.6 Å². The summed E-state index contributed by atoms with van der Waals surface area (Å²) in [5, 5.41) is 2.39. The van der Waals surface area contributed by atoms with Crippen molar-refractivity contribution in [2.75, 3.05) is 5.01 Å². The summed E-state index contributed by atoms with van der Waals surface area (Å²) in [6, 6.07) is 10.9. The van der Waals surface area contributed by atoms with Crippen LogP contribution in [-0.2, 0) is 0 Å². The average Bonchev–Trinajstić information content (AvgIpc) is 3.04. The molecular formula is C21H28ClFN2. The minimum Gasteiger partial charge on any atom is -0.284 e. The van der Waals surface area contributed by atoms with Gasteiger partial charge in [-0.3, -0.25) is 5.01 Å². The van der Waals surface area contributed by atoms with Gasteiger partial charge in [-0.05, 0) is 60.9 Å². The summed E-state index contributed by atoms with van der Waals surface area (Å²) in [6.07, 6.45) is 4.10. The number of rotatable bonds is 2. The van der Waals surface area contributed by atoms with E-state index < -0.39 is 0 Å². The van der Waals surface area contributed by atoms with Crippen LogP contribution in [0.15, 0.2) is 48.7 Å². The third kappa shape index (κ3) is 5.58. The second-order valence-corrected chi connectivity index (χ2v) is 5.73. The minimum atomic E-state index is -0.326. The van der Waals surface area contributed by atoms with E-state index in [0.29, 0.717) is 11.1 Å². The number of hydrogen-bond donors (Lipinski definition) is 1. The lowest BCUT2D eigenvalue weighted by molar-refractivity contribution is 0.628. The van der Waals surface area contributed by atoms with E-state index >= 15 is 0 Å². The van der Waals surface area contributed by atoms with Crippen LogP contribution in [0.2, 0.25) is 5.02 Å². The Bertz CT molecular complexity index is 693. The number of nitrogens with zero attached hydrogens (tertiary/aromatic N) is 1. The lowest BCUT2D eigenvalue weighted by atomic mass is 10.0. The zero-order valence-corrected chi connectivity index (χ0v) is 16.7. The van der Waals surface area contributed by atoms with Gasteiger partial charge in [0, 0.05) is 17.3 Å². The molecule has 0 saturated carbocycles. The summed E-state index contributed by atoms with van der Waals surface area (Å²) in [4.78, 5) is 0. The van der Waals surface area contributed by atoms with E-state index in [2.05, 4.69) is 25.3 Å². The second-order valence-electron chi connectivity index (χ2n) is 5.29. The van der Waals surface area contributed by atoms with Crippen LogP contribution >= 0.6 is 11.6 Å². The molecule has 1 N–H and O–H groups in total. The Balaban J connectivity index is 0.000000730. The van der Waals surface area contributed by atoms with Crippen molar-refractivity contribution in [3.63, 3.8) is 0 Å². The highest BCUT2D eigenvalue weighted by Crippen LogP contribution is 2.30. The first-order valence-electron chi connectivity index (χ1n) is 8.84. The van der Waals surface area contributed by atoms with Crippen LogP contribution in [0.4, 0.5) is 10.1 Å². The first kappa shape index (κ1) is 21.2. The highest BCUT2D eigenvalue weighted by Gasteiger charge is 2.15. The zero-order chi connectivity index (χ0) is 19.0. The summed E-state index contributed by atoms with van der Waals surface area (Å²) in [5.41, 5.74) is 7.24. The summed E-state index contributed by atoms with van der Waals surface area (Å²) in [6.45, 7) is 12.1. The quantitative estimate of drug-likeness (QED) is 0.636. The maximum absolute atomic E-state index is 13.5. The maximum atomic E-state index is 13.5. The number of aryl methyl sites for hydroxylation is 1. The topological polar surface area (TPSA) is 15.3 Å². The Morgan fingerprint density at radius 1 is 1.00 bits per heavy atom. The van der Waals surface area contributed by atoms with E-state index in [9.17, 15) is 4.39 Å². The van der Waals surface area contributed by atoms with Crippen LogP contribution < -0.4 is 10.4 Å². The molecule has 0 aliphatic carbocycles. The Hall–Kier alpha value is -1.84. The predicted octanol–water partition coefficient (Wildman–Crippen LogP) is 6.73. The van der Waals surface area contributed by atoms with Crippen molar-refractivity contribution >= 4 is 17.3 Å². The third-order valence-corrected chi connectivity index (χ3v) is 3.75. The van der Waals surface area contributed by atoms with Crippen molar-refractivity contribution in [3.8, 4) is 11.1 Å². The van der Waals surface area contributed by atoms with Gasteiger partial charge < -0.3 is 0 Å². The van der Waals surface area contributed by atoms with Gasteiger partial charge in [-0.2, -0.15) is 0 Å². The fraction of sp³-hybridized carbons (Fsp3) is 0.333. The molecule has 1 unspecified atom stereocenters. The van der Waals surface area contributed by atoms with Gasteiger partial charge in [-0.1, -0.05) is 51.4 Å². The third-order valence-electron chi connectivity index (χ3n) is 3.53. The molecule has 1 aliphatic heterocycles. The number of hydrogen-bond acceptors (Lipinski definition) is 2. The summed E-state index contributed by atoms with van der Waals surface area (Å²) in [5.74, 6) is -0.326. The standard InChI is InChI=1S/C17H16ClFN2.2C2H6/c1-11-3-4-13(14-7-15(18)10-16(19)8-14)9-17(11)21-6-5-12(2)20-21;2*1-2/h3-10,12,20H,1-2H3;2*1-2H3. The maximum Gasteiger partial charge on any atom is 0.125 e. The molecule has 0 bridgehead atoms. The normalized spacial score (nSPS) is 15.2. The molecule has 0 amide bonds. The predicted molar refractivity (Wildman–Crippen MR) is 108 cm³/mol. The molecule has 0 spiro atoms. The van der Waals surface area contributed by atoms with Crippen molar-refractivity contribution < 1.29 is 4.39 Å². The molecule has 1 aliphatic rings. The lowest BCUT2D eigenvalue weighted by Crippen LogP contribution is -2.33. The minimum absolute atomic E-state index is 0.302. The molecule has 2 aromatic carbocycles. The summed E-state index contributed by atoms with van der Waals surface area (Å²) >= 11 is 5.94. The van der Waals surface area contributed by atoms with Gasteiger partial charge in [0.05, 0.1) is 5.69 Å². The highest BCUT2D eigenvalue weighted by molar-refractivity contribution is 6.30. The molecule has 4 heteroatoms. The van der Waals surface area contributed by atoms with Gasteiger partial charge in [0.25, 0.3) is 0 Å². The molecular weight excluding hydrogens is 335 g/mol. The number of benzene rings is 2. The molecule has 2 aromatic rings. The van der Waals surface area contributed by atoms with E-state index in [-0.39, 0.29) is 5.82 Å². The first-order valence-corrected chi connectivity index (χ1v) is 9.21. The van der Waals surface area contributed by atoms with E-state index in [4.69, 9.17) is 11.6 Å². The second kappa shape index (κ2) is 10.2. The number of halogens is 2. The van der Waals surface area contributed by atoms with E-state index in [0.717, 1.165) is 22.4 Å². The van der Waals surface area contributed by atoms with Crippen LogP contribution in [0, 0.1) is 12.7 Å². The SMILES string of the molecule is CC.CC.Cc1ccc(-c2cc(F)cc(Cl)c2)cc1N1C=CC(C)N1. The Kier molecular flexibility index (Phi) is 8.67. The summed E-state index contributed by atoms with van der Waals surface area (Å²) < 4.78 is 13.5. The molecule has 25 heavy (non-hydrogen) atoms. The highest BCUT2D eigenvalue weighted by atomic mass is 35.5. The van der Waals surface area contributed by atoms with Crippen molar-refractivity contribution in [2.24, 2.45) is 0 Å². The van der Waals surface area contributed by atoms with Crippen LogP contribution in [0.25, 0.3) is 11.1 Å².